The lowest BCUT2D eigenvalue weighted by Gasteiger charge is -2.21. The summed E-state index contributed by atoms with van der Waals surface area (Å²) in [6, 6.07) is 9.54. The van der Waals surface area contributed by atoms with Crippen LogP contribution in [0.2, 0.25) is 0 Å². The Morgan fingerprint density at radius 1 is 1.10 bits per heavy atom. The van der Waals surface area contributed by atoms with E-state index in [1.54, 1.807) is 25.6 Å². The third kappa shape index (κ3) is 3.27. The molecule has 0 aliphatic carbocycles. The van der Waals surface area contributed by atoms with E-state index in [1.807, 2.05) is 31.2 Å². The minimum atomic E-state index is 0.0315. The van der Waals surface area contributed by atoms with Gasteiger partial charge < -0.3 is 15.2 Å². The summed E-state index contributed by atoms with van der Waals surface area (Å²) in [6.45, 7) is 4.12. The second kappa shape index (κ2) is 6.39. The zero-order valence-corrected chi connectivity index (χ0v) is 12.0. The van der Waals surface area contributed by atoms with Crippen LogP contribution in [0.4, 0.5) is 0 Å². The van der Waals surface area contributed by atoms with Crippen LogP contribution in [0.3, 0.4) is 0 Å². The molecule has 2 rings (SSSR count). The highest BCUT2D eigenvalue weighted by atomic mass is 16.5. The normalized spacial score (nSPS) is 13.8. The summed E-state index contributed by atoms with van der Waals surface area (Å²) in [6.07, 6.45) is 3.56. The fraction of sp³-hybridized carbons (Fsp3) is 0.312. The monoisotopic (exact) mass is 272 g/mol. The minimum absolute atomic E-state index is 0.0315. The molecule has 1 heterocycles. The van der Waals surface area contributed by atoms with Gasteiger partial charge in [-0.1, -0.05) is 6.07 Å². The van der Waals surface area contributed by atoms with Crippen molar-refractivity contribution in [3.8, 4) is 11.5 Å². The van der Waals surface area contributed by atoms with Crippen molar-refractivity contribution in [3.05, 3.63) is 53.9 Å². The van der Waals surface area contributed by atoms with E-state index in [2.05, 4.69) is 17.2 Å². The van der Waals surface area contributed by atoms with Gasteiger partial charge in [-0.15, -0.1) is 0 Å². The first-order valence-electron chi connectivity index (χ1n) is 6.64. The predicted octanol–water partition coefficient (Wildman–Crippen LogP) is 3.21. The molecule has 0 radical (unpaired) electrons. The lowest BCUT2D eigenvalue weighted by atomic mass is 10.0. The first-order valence-corrected chi connectivity index (χ1v) is 6.64. The van der Waals surface area contributed by atoms with E-state index in [9.17, 15) is 5.11 Å². The molecule has 2 atom stereocenters. The lowest BCUT2D eigenvalue weighted by Crippen LogP contribution is -2.22. The Morgan fingerprint density at radius 3 is 2.40 bits per heavy atom. The zero-order valence-electron chi connectivity index (χ0n) is 12.0. The highest BCUT2D eigenvalue weighted by Crippen LogP contribution is 2.29. The Hall–Kier alpha value is -2.07. The van der Waals surface area contributed by atoms with Crippen molar-refractivity contribution >= 4 is 0 Å². The van der Waals surface area contributed by atoms with Gasteiger partial charge in [-0.3, -0.25) is 4.98 Å². The van der Waals surface area contributed by atoms with Crippen LogP contribution in [0.15, 0.2) is 42.7 Å². The molecule has 1 aromatic heterocycles. The zero-order chi connectivity index (χ0) is 14.5. The first-order chi connectivity index (χ1) is 9.61. The van der Waals surface area contributed by atoms with Crippen molar-refractivity contribution in [1.82, 2.24) is 10.3 Å². The number of pyridine rings is 1. The van der Waals surface area contributed by atoms with E-state index >= 15 is 0 Å². The molecule has 1 aromatic carbocycles. The number of phenols is 1. The molecule has 1 unspecified atom stereocenters. The maximum atomic E-state index is 10.0. The summed E-state index contributed by atoms with van der Waals surface area (Å²) >= 11 is 0. The van der Waals surface area contributed by atoms with Crippen LogP contribution in [-0.2, 0) is 0 Å². The Morgan fingerprint density at radius 2 is 1.80 bits per heavy atom. The molecule has 20 heavy (non-hydrogen) atoms. The number of methoxy groups -OCH3 is 1. The molecule has 2 aromatic rings. The van der Waals surface area contributed by atoms with E-state index in [4.69, 9.17) is 4.74 Å². The van der Waals surface area contributed by atoms with Crippen molar-refractivity contribution in [1.29, 1.82) is 0 Å². The average Bonchev–Trinajstić information content (AvgIpc) is 2.47. The summed E-state index contributed by atoms with van der Waals surface area (Å²) in [5.41, 5.74) is 2.02. The number of nitrogens with one attached hydrogen (secondary N) is 1. The summed E-state index contributed by atoms with van der Waals surface area (Å²) in [5.74, 6) is 0.895. The molecule has 0 spiro atoms. The number of benzene rings is 1. The number of aromatic hydroxyl groups is 1. The maximum Gasteiger partial charge on any atom is 0.124 e. The minimum Gasteiger partial charge on any atom is -0.507 e. The second-order valence-electron chi connectivity index (χ2n) is 4.82. The van der Waals surface area contributed by atoms with Crippen molar-refractivity contribution < 1.29 is 9.84 Å². The molecule has 0 saturated carbocycles. The highest BCUT2D eigenvalue weighted by Gasteiger charge is 2.14. The van der Waals surface area contributed by atoms with Gasteiger partial charge in [0.05, 0.1) is 7.11 Å². The van der Waals surface area contributed by atoms with Crippen LogP contribution in [0.25, 0.3) is 0 Å². The van der Waals surface area contributed by atoms with Gasteiger partial charge in [-0.05, 0) is 37.6 Å². The van der Waals surface area contributed by atoms with Gasteiger partial charge in [-0.2, -0.15) is 0 Å². The lowest BCUT2D eigenvalue weighted by molar-refractivity contribution is 0.402. The number of nitrogens with zero attached hydrogens (tertiary/aromatic N) is 1. The number of phenolic OH excluding ortho intramolecular Hbond substituents is 1. The van der Waals surface area contributed by atoms with Crippen LogP contribution >= 0.6 is 0 Å². The molecular weight excluding hydrogens is 252 g/mol. The Bertz CT molecular complexity index is 558. The Kier molecular flexibility index (Phi) is 4.58. The van der Waals surface area contributed by atoms with E-state index in [-0.39, 0.29) is 17.8 Å². The summed E-state index contributed by atoms with van der Waals surface area (Å²) < 4.78 is 5.09. The van der Waals surface area contributed by atoms with Gasteiger partial charge in [0.1, 0.15) is 11.5 Å². The SMILES string of the molecule is COc1ccc(C(C)N[C@H](C)c2ccncc2)c(O)c1. The van der Waals surface area contributed by atoms with Gasteiger partial charge in [0.15, 0.2) is 0 Å². The summed E-state index contributed by atoms with van der Waals surface area (Å²) in [5, 5.41) is 13.5. The van der Waals surface area contributed by atoms with Crippen molar-refractivity contribution in [2.75, 3.05) is 7.11 Å². The molecule has 106 valence electrons. The smallest absolute Gasteiger partial charge is 0.124 e. The number of ether oxygens (including phenoxy) is 1. The molecular formula is C16H20N2O2. The van der Waals surface area contributed by atoms with Crippen LogP contribution in [-0.4, -0.2) is 17.2 Å². The van der Waals surface area contributed by atoms with Gasteiger partial charge in [-0.25, -0.2) is 0 Å². The van der Waals surface area contributed by atoms with E-state index in [0.717, 1.165) is 5.56 Å². The molecule has 0 aliphatic rings. The largest absolute Gasteiger partial charge is 0.507 e. The van der Waals surface area contributed by atoms with Crippen molar-refractivity contribution in [2.24, 2.45) is 0 Å². The number of hydrogen-bond acceptors (Lipinski definition) is 4. The quantitative estimate of drug-likeness (QED) is 0.877. The number of rotatable bonds is 5. The number of aromatic nitrogens is 1. The fourth-order valence-corrected chi connectivity index (χ4v) is 2.23. The van der Waals surface area contributed by atoms with Crippen LogP contribution in [0.5, 0.6) is 11.5 Å². The van der Waals surface area contributed by atoms with Crippen LogP contribution in [0, 0.1) is 0 Å². The van der Waals surface area contributed by atoms with Crippen LogP contribution < -0.4 is 10.1 Å². The standard InChI is InChI=1S/C16H20N2O2/c1-11(13-6-8-17-9-7-13)18-12(2)15-5-4-14(20-3)10-16(15)19/h4-12,18-19H,1-3H3/t11-,12?/m1/s1. The molecule has 0 amide bonds. The highest BCUT2D eigenvalue weighted by molar-refractivity contribution is 5.41. The predicted molar refractivity (Wildman–Crippen MR) is 78.9 cm³/mol. The summed E-state index contributed by atoms with van der Waals surface area (Å²) in [7, 11) is 1.58. The van der Waals surface area contributed by atoms with E-state index < -0.39 is 0 Å². The summed E-state index contributed by atoms with van der Waals surface area (Å²) in [4.78, 5) is 4.02. The molecule has 0 bridgehead atoms. The van der Waals surface area contributed by atoms with E-state index in [0.29, 0.717) is 5.75 Å². The van der Waals surface area contributed by atoms with Crippen molar-refractivity contribution in [3.63, 3.8) is 0 Å². The van der Waals surface area contributed by atoms with Crippen LogP contribution in [0.1, 0.15) is 37.1 Å². The second-order valence-corrected chi connectivity index (χ2v) is 4.82. The van der Waals surface area contributed by atoms with Gasteiger partial charge in [0.25, 0.3) is 0 Å². The van der Waals surface area contributed by atoms with Gasteiger partial charge in [0, 0.05) is 36.1 Å². The molecule has 0 saturated heterocycles. The Labute approximate surface area is 119 Å². The van der Waals surface area contributed by atoms with E-state index in [1.165, 1.54) is 5.56 Å². The molecule has 2 N–H and O–H groups in total. The molecule has 4 nitrogen and oxygen atoms in total. The topological polar surface area (TPSA) is 54.4 Å². The molecule has 0 aliphatic heterocycles. The first kappa shape index (κ1) is 14.3. The Balaban J connectivity index is 2.10. The maximum absolute atomic E-state index is 10.0. The fourth-order valence-electron chi connectivity index (χ4n) is 2.23. The molecule has 4 heteroatoms. The van der Waals surface area contributed by atoms with Gasteiger partial charge >= 0.3 is 0 Å². The third-order valence-electron chi connectivity index (χ3n) is 3.41. The molecule has 0 fully saturated rings. The number of hydrogen-bond donors (Lipinski definition) is 2. The average molecular weight is 272 g/mol. The third-order valence-corrected chi connectivity index (χ3v) is 3.41. The van der Waals surface area contributed by atoms with Gasteiger partial charge in [0.2, 0.25) is 0 Å². The van der Waals surface area contributed by atoms with Crippen molar-refractivity contribution in [2.45, 2.75) is 25.9 Å².